The molecule has 1 fully saturated rings. The minimum Gasteiger partial charge on any atom is -0.497 e. The Labute approximate surface area is 126 Å². The second-order valence-corrected chi connectivity index (χ2v) is 5.55. The molecule has 1 aliphatic heterocycles. The number of rotatable bonds is 4. The summed E-state index contributed by atoms with van der Waals surface area (Å²) in [6.45, 7) is 0.892. The van der Waals surface area contributed by atoms with Crippen molar-refractivity contribution >= 4 is 22.6 Å². The van der Waals surface area contributed by atoms with E-state index in [-0.39, 0.29) is 11.9 Å². The van der Waals surface area contributed by atoms with E-state index in [2.05, 4.69) is 20.0 Å². The highest BCUT2D eigenvalue weighted by molar-refractivity contribution is 7.10. The lowest BCUT2D eigenvalue weighted by atomic mass is 10.2. The Morgan fingerprint density at radius 1 is 1.52 bits per heavy atom. The van der Waals surface area contributed by atoms with Crippen LogP contribution in [0.15, 0.2) is 24.3 Å². The van der Waals surface area contributed by atoms with Gasteiger partial charge in [0.25, 0.3) is 0 Å². The summed E-state index contributed by atoms with van der Waals surface area (Å²) in [4.78, 5) is 16.4. The van der Waals surface area contributed by atoms with E-state index in [0.29, 0.717) is 11.0 Å². The minimum absolute atomic E-state index is 0.0409. The smallest absolute Gasteiger partial charge is 0.243 e. The molecule has 1 amide bonds. The van der Waals surface area contributed by atoms with Crippen LogP contribution < -0.4 is 15.4 Å². The molecule has 2 N–H and O–H groups in total. The third kappa shape index (κ3) is 3.20. The van der Waals surface area contributed by atoms with Crippen LogP contribution in [0.25, 0.3) is 11.4 Å². The van der Waals surface area contributed by atoms with Gasteiger partial charge in [-0.3, -0.25) is 10.1 Å². The Morgan fingerprint density at radius 3 is 3.19 bits per heavy atom. The molecule has 1 aliphatic rings. The van der Waals surface area contributed by atoms with Gasteiger partial charge < -0.3 is 10.1 Å². The van der Waals surface area contributed by atoms with E-state index < -0.39 is 0 Å². The zero-order valence-corrected chi connectivity index (χ0v) is 12.4. The first kappa shape index (κ1) is 14.0. The molecule has 0 spiro atoms. The second kappa shape index (κ2) is 6.19. The molecule has 3 rings (SSSR count). The lowest BCUT2D eigenvalue weighted by Crippen LogP contribution is -2.35. The van der Waals surface area contributed by atoms with E-state index >= 15 is 0 Å². The van der Waals surface area contributed by atoms with Crippen LogP contribution in [0.1, 0.15) is 12.8 Å². The highest BCUT2D eigenvalue weighted by Crippen LogP contribution is 2.24. The Balaban J connectivity index is 1.72. The van der Waals surface area contributed by atoms with Gasteiger partial charge in [0, 0.05) is 17.1 Å². The molecule has 6 nitrogen and oxygen atoms in total. The summed E-state index contributed by atoms with van der Waals surface area (Å²) < 4.78 is 9.47. The van der Waals surface area contributed by atoms with Gasteiger partial charge >= 0.3 is 0 Å². The molecule has 110 valence electrons. The van der Waals surface area contributed by atoms with Gasteiger partial charge in [-0.2, -0.15) is 9.36 Å². The summed E-state index contributed by atoms with van der Waals surface area (Å²) >= 11 is 1.18. The van der Waals surface area contributed by atoms with Crippen LogP contribution >= 0.6 is 11.5 Å². The lowest BCUT2D eigenvalue weighted by Gasteiger charge is -2.07. The van der Waals surface area contributed by atoms with E-state index in [9.17, 15) is 4.79 Å². The van der Waals surface area contributed by atoms with E-state index in [1.165, 1.54) is 11.5 Å². The average molecular weight is 304 g/mol. The molecule has 2 aromatic rings. The summed E-state index contributed by atoms with van der Waals surface area (Å²) in [7, 11) is 1.62. The largest absolute Gasteiger partial charge is 0.497 e. The number of benzene rings is 1. The van der Waals surface area contributed by atoms with Gasteiger partial charge in [-0.15, -0.1) is 0 Å². The predicted octanol–water partition coefficient (Wildman–Crippen LogP) is 1.90. The van der Waals surface area contributed by atoms with Crippen molar-refractivity contribution in [1.29, 1.82) is 0 Å². The molecule has 1 aromatic heterocycles. The molecular formula is C14H16N4O2S. The number of amides is 1. The summed E-state index contributed by atoms with van der Waals surface area (Å²) in [5, 5.41) is 6.49. The number of hydrogen-bond donors (Lipinski definition) is 2. The van der Waals surface area contributed by atoms with Gasteiger partial charge in [0.15, 0.2) is 5.82 Å². The number of methoxy groups -OCH3 is 1. The van der Waals surface area contributed by atoms with Gasteiger partial charge in [-0.05, 0) is 31.5 Å². The van der Waals surface area contributed by atoms with Crippen molar-refractivity contribution in [3.63, 3.8) is 0 Å². The summed E-state index contributed by atoms with van der Waals surface area (Å²) in [5.74, 6) is 1.30. The second-order valence-electron chi connectivity index (χ2n) is 4.79. The summed E-state index contributed by atoms with van der Waals surface area (Å²) in [6.07, 6.45) is 1.90. The number of anilines is 1. The van der Waals surface area contributed by atoms with Gasteiger partial charge in [0.05, 0.1) is 13.2 Å². The molecule has 7 heteroatoms. The van der Waals surface area contributed by atoms with Crippen molar-refractivity contribution < 1.29 is 9.53 Å². The van der Waals surface area contributed by atoms with E-state index in [4.69, 9.17) is 4.74 Å². The molecule has 2 heterocycles. The zero-order valence-electron chi connectivity index (χ0n) is 11.6. The number of aromatic nitrogens is 2. The first-order valence-corrected chi connectivity index (χ1v) is 7.56. The maximum absolute atomic E-state index is 12.0. The van der Waals surface area contributed by atoms with Crippen molar-refractivity contribution in [3.8, 4) is 17.1 Å². The number of nitrogens with zero attached hydrogens (tertiary/aromatic N) is 2. The highest BCUT2D eigenvalue weighted by atomic mass is 32.1. The van der Waals surface area contributed by atoms with Crippen LogP contribution in [-0.2, 0) is 4.79 Å². The molecule has 0 bridgehead atoms. The minimum atomic E-state index is -0.117. The number of hydrogen-bond acceptors (Lipinski definition) is 6. The number of carbonyl (C=O) groups excluding carboxylic acids is 1. The first-order chi connectivity index (χ1) is 10.3. The van der Waals surface area contributed by atoms with Crippen LogP contribution in [0.3, 0.4) is 0 Å². The summed E-state index contributed by atoms with van der Waals surface area (Å²) in [6, 6.07) is 7.41. The van der Waals surface area contributed by atoms with Crippen molar-refractivity contribution in [2.45, 2.75) is 18.9 Å². The van der Waals surface area contributed by atoms with E-state index in [0.717, 1.165) is 30.7 Å². The van der Waals surface area contributed by atoms with Crippen LogP contribution in [0, 0.1) is 0 Å². The Bertz CT molecular complexity index is 637. The van der Waals surface area contributed by atoms with Gasteiger partial charge in [0.2, 0.25) is 11.0 Å². The Morgan fingerprint density at radius 2 is 2.43 bits per heavy atom. The normalized spacial score (nSPS) is 17.7. The quantitative estimate of drug-likeness (QED) is 0.902. The van der Waals surface area contributed by atoms with Gasteiger partial charge in [-0.1, -0.05) is 12.1 Å². The van der Waals surface area contributed by atoms with Crippen molar-refractivity contribution in [1.82, 2.24) is 14.7 Å². The molecular weight excluding hydrogens is 288 g/mol. The Kier molecular flexibility index (Phi) is 4.12. The SMILES string of the molecule is COc1cccc(-c2nsc(NC(=O)C3CCCN3)n2)c1. The molecule has 1 aromatic carbocycles. The lowest BCUT2D eigenvalue weighted by molar-refractivity contribution is -0.117. The zero-order chi connectivity index (χ0) is 14.7. The fraction of sp³-hybridized carbons (Fsp3) is 0.357. The van der Waals surface area contributed by atoms with Crippen LogP contribution in [-0.4, -0.2) is 35.0 Å². The molecule has 0 aliphatic carbocycles. The molecule has 0 saturated carbocycles. The molecule has 1 unspecified atom stereocenters. The van der Waals surface area contributed by atoms with Crippen molar-refractivity contribution in [2.75, 3.05) is 19.0 Å². The maximum atomic E-state index is 12.0. The monoisotopic (exact) mass is 304 g/mol. The molecule has 21 heavy (non-hydrogen) atoms. The van der Waals surface area contributed by atoms with Gasteiger partial charge in [0.1, 0.15) is 5.75 Å². The number of ether oxygens (including phenoxy) is 1. The third-order valence-electron chi connectivity index (χ3n) is 3.36. The standard InChI is InChI=1S/C14H16N4O2S/c1-20-10-5-2-4-9(8-10)12-16-14(21-18-12)17-13(19)11-6-3-7-15-11/h2,4-5,8,11,15H,3,6-7H2,1H3,(H,16,17,18,19). The first-order valence-electron chi connectivity index (χ1n) is 6.78. The fourth-order valence-electron chi connectivity index (χ4n) is 2.25. The third-order valence-corrected chi connectivity index (χ3v) is 3.99. The van der Waals surface area contributed by atoms with E-state index in [1.807, 2.05) is 24.3 Å². The fourth-order valence-corrected chi connectivity index (χ4v) is 2.85. The van der Waals surface area contributed by atoms with Gasteiger partial charge in [-0.25, -0.2) is 0 Å². The van der Waals surface area contributed by atoms with Crippen LogP contribution in [0.4, 0.5) is 5.13 Å². The van der Waals surface area contributed by atoms with Crippen molar-refractivity contribution in [2.24, 2.45) is 0 Å². The molecule has 1 saturated heterocycles. The molecule has 1 atom stereocenters. The van der Waals surface area contributed by atoms with Crippen LogP contribution in [0.2, 0.25) is 0 Å². The van der Waals surface area contributed by atoms with Crippen molar-refractivity contribution in [3.05, 3.63) is 24.3 Å². The van der Waals surface area contributed by atoms with E-state index in [1.54, 1.807) is 7.11 Å². The van der Waals surface area contributed by atoms with Crippen LogP contribution in [0.5, 0.6) is 5.75 Å². The highest BCUT2D eigenvalue weighted by Gasteiger charge is 2.23. The Hall–Kier alpha value is -1.99. The molecule has 0 radical (unpaired) electrons. The average Bonchev–Trinajstić information content (AvgIpc) is 3.18. The number of nitrogens with one attached hydrogen (secondary N) is 2. The number of carbonyl (C=O) groups is 1. The topological polar surface area (TPSA) is 76.1 Å². The predicted molar refractivity (Wildman–Crippen MR) is 81.6 cm³/mol. The maximum Gasteiger partial charge on any atom is 0.243 e. The summed E-state index contributed by atoms with van der Waals surface area (Å²) in [5.41, 5.74) is 0.866.